The molecule has 0 aliphatic carbocycles. The van der Waals surface area contributed by atoms with Crippen molar-refractivity contribution in [1.82, 2.24) is 0 Å². The summed E-state index contributed by atoms with van der Waals surface area (Å²) >= 11 is 5.51. The molecule has 0 atom stereocenters. The number of halogens is 1. The predicted molar refractivity (Wildman–Crippen MR) is 67.9 cm³/mol. The van der Waals surface area contributed by atoms with E-state index in [-0.39, 0.29) is 12.1 Å². The van der Waals surface area contributed by atoms with Crippen molar-refractivity contribution >= 4 is 24.2 Å². The first-order valence-corrected chi connectivity index (χ1v) is 5.45. The summed E-state index contributed by atoms with van der Waals surface area (Å²) in [6.45, 7) is 2.10. The lowest BCUT2D eigenvalue weighted by Crippen LogP contribution is -2.31. The Morgan fingerprint density at radius 2 is 2.18 bits per heavy atom. The number of ether oxygens (including phenoxy) is 2. The van der Waals surface area contributed by atoms with Crippen LogP contribution in [-0.2, 0) is 0 Å². The van der Waals surface area contributed by atoms with E-state index < -0.39 is 7.12 Å². The van der Waals surface area contributed by atoms with Crippen molar-refractivity contribution in [2.45, 2.75) is 6.92 Å². The average molecular weight is 256 g/mol. The van der Waals surface area contributed by atoms with E-state index in [2.05, 4.69) is 0 Å². The zero-order valence-corrected chi connectivity index (χ0v) is 10.4. The standard InChI is InChI=1S/C11H14BClO4/c1-8(6-13)7-17-11-4-3-9(16-2)5-10(11)12(14)15/h3-6,14-15H,7H2,1-2H3/b8-6+. The Morgan fingerprint density at radius 1 is 1.47 bits per heavy atom. The van der Waals surface area contributed by atoms with Gasteiger partial charge in [-0.25, -0.2) is 0 Å². The first-order chi connectivity index (χ1) is 8.08. The highest BCUT2D eigenvalue weighted by Crippen LogP contribution is 2.16. The second-order valence-electron chi connectivity index (χ2n) is 3.52. The van der Waals surface area contributed by atoms with E-state index in [0.29, 0.717) is 11.5 Å². The van der Waals surface area contributed by atoms with Crippen LogP contribution in [0.3, 0.4) is 0 Å². The molecule has 1 aromatic carbocycles. The maximum Gasteiger partial charge on any atom is 0.492 e. The molecule has 6 heteroatoms. The van der Waals surface area contributed by atoms with Crippen LogP contribution >= 0.6 is 11.6 Å². The van der Waals surface area contributed by atoms with Crippen molar-refractivity contribution in [1.29, 1.82) is 0 Å². The minimum absolute atomic E-state index is 0.256. The Balaban J connectivity index is 2.90. The van der Waals surface area contributed by atoms with Crippen LogP contribution in [0.25, 0.3) is 0 Å². The molecular weight excluding hydrogens is 242 g/mol. The molecule has 0 amide bonds. The van der Waals surface area contributed by atoms with Crippen LogP contribution in [0.2, 0.25) is 0 Å². The van der Waals surface area contributed by atoms with E-state index in [0.717, 1.165) is 5.57 Å². The van der Waals surface area contributed by atoms with Gasteiger partial charge >= 0.3 is 7.12 Å². The largest absolute Gasteiger partial charge is 0.497 e. The van der Waals surface area contributed by atoms with Gasteiger partial charge < -0.3 is 19.5 Å². The highest BCUT2D eigenvalue weighted by molar-refractivity contribution is 6.59. The van der Waals surface area contributed by atoms with E-state index in [1.807, 2.05) is 6.92 Å². The molecule has 1 aromatic rings. The maximum atomic E-state index is 9.23. The summed E-state index contributed by atoms with van der Waals surface area (Å²) in [5, 5.41) is 18.5. The van der Waals surface area contributed by atoms with Gasteiger partial charge in [0.25, 0.3) is 0 Å². The second kappa shape index (κ2) is 6.54. The molecular formula is C11H14BClO4. The molecule has 4 nitrogen and oxygen atoms in total. The number of hydrogen-bond donors (Lipinski definition) is 2. The Kier molecular flexibility index (Phi) is 5.35. The Labute approximate surface area is 106 Å². The highest BCUT2D eigenvalue weighted by atomic mass is 35.5. The fourth-order valence-corrected chi connectivity index (χ4v) is 1.27. The summed E-state index contributed by atoms with van der Waals surface area (Å²) in [6.07, 6.45) is 0. The molecule has 0 saturated heterocycles. The molecule has 2 N–H and O–H groups in total. The molecule has 17 heavy (non-hydrogen) atoms. The average Bonchev–Trinajstić information content (AvgIpc) is 2.35. The molecule has 0 aliphatic rings. The fraction of sp³-hybridized carbons (Fsp3) is 0.273. The molecule has 1 rings (SSSR count). The fourth-order valence-electron chi connectivity index (χ4n) is 1.21. The van der Waals surface area contributed by atoms with E-state index >= 15 is 0 Å². The van der Waals surface area contributed by atoms with Gasteiger partial charge in [0.15, 0.2) is 0 Å². The molecule has 0 radical (unpaired) electrons. The lowest BCUT2D eigenvalue weighted by molar-refractivity contribution is 0.350. The number of benzene rings is 1. The molecule has 0 fully saturated rings. The predicted octanol–water partition coefficient (Wildman–Crippen LogP) is 0.896. The summed E-state index contributed by atoms with van der Waals surface area (Å²) < 4.78 is 10.4. The Morgan fingerprint density at radius 3 is 2.71 bits per heavy atom. The van der Waals surface area contributed by atoms with Crippen LogP contribution in [0.5, 0.6) is 11.5 Å². The van der Waals surface area contributed by atoms with Crippen LogP contribution in [0.15, 0.2) is 29.3 Å². The van der Waals surface area contributed by atoms with Crippen LogP contribution in [-0.4, -0.2) is 30.9 Å². The summed E-state index contributed by atoms with van der Waals surface area (Å²) in [5.41, 5.74) is 2.51. The third kappa shape index (κ3) is 3.96. The van der Waals surface area contributed by atoms with Gasteiger partial charge in [0.2, 0.25) is 0 Å². The molecule has 0 aliphatic heterocycles. The maximum absolute atomic E-state index is 9.23. The summed E-state index contributed by atoms with van der Waals surface area (Å²) in [4.78, 5) is 0. The third-order valence-corrected chi connectivity index (χ3v) is 2.51. The Bertz CT molecular complexity index is 406. The van der Waals surface area contributed by atoms with Crippen molar-refractivity contribution < 1.29 is 19.5 Å². The van der Waals surface area contributed by atoms with Gasteiger partial charge in [-0.1, -0.05) is 11.6 Å². The minimum atomic E-state index is -1.61. The minimum Gasteiger partial charge on any atom is -0.497 e. The smallest absolute Gasteiger partial charge is 0.492 e. The van der Waals surface area contributed by atoms with Gasteiger partial charge in [-0.15, -0.1) is 0 Å². The van der Waals surface area contributed by atoms with Crippen molar-refractivity contribution in [3.8, 4) is 11.5 Å². The Hall–Kier alpha value is -1.17. The van der Waals surface area contributed by atoms with Crippen molar-refractivity contribution in [2.75, 3.05) is 13.7 Å². The van der Waals surface area contributed by atoms with Crippen LogP contribution in [0, 0.1) is 0 Å². The SMILES string of the molecule is COc1ccc(OC/C(C)=C/Cl)c(B(O)O)c1. The molecule has 0 spiro atoms. The molecule has 0 unspecified atom stereocenters. The monoisotopic (exact) mass is 256 g/mol. The lowest BCUT2D eigenvalue weighted by atomic mass is 9.79. The zero-order chi connectivity index (χ0) is 12.8. The van der Waals surface area contributed by atoms with E-state index in [1.54, 1.807) is 12.1 Å². The molecule has 0 aromatic heterocycles. The van der Waals surface area contributed by atoms with E-state index in [1.165, 1.54) is 18.7 Å². The molecule has 0 saturated carbocycles. The van der Waals surface area contributed by atoms with Crippen molar-refractivity contribution in [3.05, 3.63) is 29.3 Å². The quantitative estimate of drug-likeness (QED) is 0.769. The first kappa shape index (κ1) is 13.9. The topological polar surface area (TPSA) is 58.9 Å². The van der Waals surface area contributed by atoms with Gasteiger partial charge in [0, 0.05) is 11.0 Å². The molecule has 92 valence electrons. The van der Waals surface area contributed by atoms with Crippen molar-refractivity contribution in [3.63, 3.8) is 0 Å². The summed E-state index contributed by atoms with van der Waals surface area (Å²) in [6, 6.07) is 4.82. The van der Waals surface area contributed by atoms with Crippen LogP contribution in [0.4, 0.5) is 0 Å². The normalized spacial score (nSPS) is 11.2. The summed E-state index contributed by atoms with van der Waals surface area (Å²) in [7, 11) is -0.107. The molecule has 0 bridgehead atoms. The molecule has 0 heterocycles. The zero-order valence-electron chi connectivity index (χ0n) is 9.68. The number of rotatable bonds is 5. The van der Waals surface area contributed by atoms with Gasteiger partial charge in [-0.3, -0.25) is 0 Å². The van der Waals surface area contributed by atoms with Crippen molar-refractivity contribution in [2.24, 2.45) is 0 Å². The second-order valence-corrected chi connectivity index (χ2v) is 3.74. The van der Waals surface area contributed by atoms with E-state index in [9.17, 15) is 10.0 Å². The first-order valence-electron chi connectivity index (χ1n) is 5.01. The number of hydrogen-bond acceptors (Lipinski definition) is 4. The third-order valence-electron chi connectivity index (χ3n) is 2.14. The summed E-state index contributed by atoms with van der Waals surface area (Å²) in [5.74, 6) is 0.920. The lowest BCUT2D eigenvalue weighted by Gasteiger charge is -2.12. The van der Waals surface area contributed by atoms with E-state index in [4.69, 9.17) is 21.1 Å². The van der Waals surface area contributed by atoms with Gasteiger partial charge in [-0.05, 0) is 30.7 Å². The van der Waals surface area contributed by atoms with Gasteiger partial charge in [0.1, 0.15) is 18.1 Å². The van der Waals surface area contributed by atoms with Crippen LogP contribution < -0.4 is 14.9 Å². The number of methoxy groups -OCH3 is 1. The highest BCUT2D eigenvalue weighted by Gasteiger charge is 2.18. The van der Waals surface area contributed by atoms with Crippen LogP contribution in [0.1, 0.15) is 6.92 Å². The van der Waals surface area contributed by atoms with Gasteiger partial charge in [0.05, 0.1) is 7.11 Å². The van der Waals surface area contributed by atoms with Gasteiger partial charge in [-0.2, -0.15) is 0 Å².